The molecule has 104 valence electrons. The Labute approximate surface area is 112 Å². The highest BCUT2D eigenvalue weighted by Gasteiger charge is 2.35. The Kier molecular flexibility index (Phi) is 3.73. The van der Waals surface area contributed by atoms with Crippen molar-refractivity contribution in [2.75, 3.05) is 25.4 Å². The number of amides is 1. The zero-order valence-electron chi connectivity index (χ0n) is 11.2. The van der Waals surface area contributed by atoms with E-state index in [1.54, 1.807) is 17.0 Å². The first-order chi connectivity index (χ1) is 8.91. The predicted molar refractivity (Wildman–Crippen MR) is 70.6 cm³/mol. The van der Waals surface area contributed by atoms with E-state index in [2.05, 4.69) is 4.98 Å². The molecule has 1 atom stereocenters. The molecule has 0 aliphatic carbocycles. The van der Waals surface area contributed by atoms with Crippen LogP contribution < -0.4 is 5.73 Å². The van der Waals surface area contributed by atoms with Crippen LogP contribution in [-0.4, -0.2) is 52.3 Å². The topological polar surface area (TPSA) is 88.7 Å². The van der Waals surface area contributed by atoms with Crippen molar-refractivity contribution in [1.29, 1.82) is 0 Å². The van der Waals surface area contributed by atoms with Gasteiger partial charge < -0.3 is 20.5 Å². The molecule has 6 nitrogen and oxygen atoms in total. The van der Waals surface area contributed by atoms with E-state index in [0.717, 1.165) is 0 Å². The highest BCUT2D eigenvalue weighted by molar-refractivity contribution is 5.93. The Morgan fingerprint density at radius 3 is 3.05 bits per heavy atom. The molecule has 0 saturated carbocycles. The second kappa shape index (κ2) is 5.14. The fourth-order valence-electron chi connectivity index (χ4n) is 2.27. The molecule has 1 fully saturated rings. The zero-order valence-corrected chi connectivity index (χ0v) is 11.2. The van der Waals surface area contributed by atoms with Gasteiger partial charge in [0, 0.05) is 25.0 Å². The Bertz CT molecular complexity index is 476. The Morgan fingerprint density at radius 2 is 2.42 bits per heavy atom. The van der Waals surface area contributed by atoms with Crippen molar-refractivity contribution in [2.45, 2.75) is 25.6 Å². The summed E-state index contributed by atoms with van der Waals surface area (Å²) in [7, 11) is 0. The van der Waals surface area contributed by atoms with E-state index in [-0.39, 0.29) is 18.6 Å². The molecule has 1 aliphatic rings. The normalized spacial score (nSPS) is 22.3. The molecule has 6 heteroatoms. The van der Waals surface area contributed by atoms with Crippen LogP contribution in [0.2, 0.25) is 0 Å². The van der Waals surface area contributed by atoms with Crippen LogP contribution >= 0.6 is 0 Å². The van der Waals surface area contributed by atoms with Gasteiger partial charge in [0.25, 0.3) is 5.91 Å². The minimum atomic E-state index is -0.484. The van der Waals surface area contributed by atoms with Crippen LogP contribution in [-0.2, 0) is 4.74 Å². The minimum Gasteiger partial charge on any atom is -0.399 e. The molecule has 1 unspecified atom stereocenters. The summed E-state index contributed by atoms with van der Waals surface area (Å²) in [5.41, 5.74) is 5.99. The lowest BCUT2D eigenvalue weighted by molar-refractivity contribution is -0.139. The SMILES string of the molecule is CC1(C)CN(C(=O)c2cc(N)ccn2)CC(CO)O1. The summed E-state index contributed by atoms with van der Waals surface area (Å²) in [4.78, 5) is 18.1. The first-order valence-electron chi connectivity index (χ1n) is 6.21. The van der Waals surface area contributed by atoms with Gasteiger partial charge in [0.1, 0.15) is 5.69 Å². The van der Waals surface area contributed by atoms with E-state index in [1.165, 1.54) is 6.20 Å². The molecule has 0 spiro atoms. The van der Waals surface area contributed by atoms with Crippen molar-refractivity contribution in [3.05, 3.63) is 24.0 Å². The van der Waals surface area contributed by atoms with Crippen LogP contribution in [0.1, 0.15) is 24.3 Å². The average Bonchev–Trinajstić information content (AvgIpc) is 2.36. The van der Waals surface area contributed by atoms with Crippen LogP contribution in [0.5, 0.6) is 0 Å². The molecular formula is C13H19N3O3. The molecule has 1 aromatic rings. The summed E-state index contributed by atoms with van der Waals surface area (Å²) >= 11 is 0. The molecule has 1 saturated heterocycles. The number of morpholine rings is 1. The summed E-state index contributed by atoms with van der Waals surface area (Å²) in [6.07, 6.45) is 1.14. The monoisotopic (exact) mass is 265 g/mol. The number of ether oxygens (including phenoxy) is 1. The van der Waals surface area contributed by atoms with Crippen molar-refractivity contribution in [2.24, 2.45) is 0 Å². The van der Waals surface area contributed by atoms with E-state index in [9.17, 15) is 9.90 Å². The minimum absolute atomic E-state index is 0.114. The number of aliphatic hydroxyl groups excluding tert-OH is 1. The second-order valence-electron chi connectivity index (χ2n) is 5.34. The summed E-state index contributed by atoms with van der Waals surface area (Å²) < 4.78 is 5.67. The van der Waals surface area contributed by atoms with E-state index < -0.39 is 5.60 Å². The van der Waals surface area contributed by atoms with E-state index in [4.69, 9.17) is 10.5 Å². The Hall–Kier alpha value is -1.66. The van der Waals surface area contributed by atoms with Gasteiger partial charge in [0.2, 0.25) is 0 Å². The molecule has 3 N–H and O–H groups in total. The lowest BCUT2D eigenvalue weighted by Crippen LogP contribution is -2.55. The Morgan fingerprint density at radius 1 is 1.68 bits per heavy atom. The largest absolute Gasteiger partial charge is 0.399 e. The average molecular weight is 265 g/mol. The maximum atomic E-state index is 12.4. The second-order valence-corrected chi connectivity index (χ2v) is 5.34. The number of aliphatic hydroxyl groups is 1. The number of nitrogens with zero attached hydrogens (tertiary/aromatic N) is 2. The quantitative estimate of drug-likeness (QED) is 0.801. The number of carbonyl (C=O) groups excluding carboxylic acids is 1. The molecule has 2 heterocycles. The summed E-state index contributed by atoms with van der Waals surface area (Å²) in [5.74, 6) is -0.192. The molecule has 19 heavy (non-hydrogen) atoms. The molecule has 0 bridgehead atoms. The molecule has 0 aromatic carbocycles. The van der Waals surface area contributed by atoms with Gasteiger partial charge in [-0.05, 0) is 26.0 Å². The molecular weight excluding hydrogens is 246 g/mol. The van der Waals surface area contributed by atoms with Crippen LogP contribution in [0, 0.1) is 0 Å². The third-order valence-corrected chi connectivity index (χ3v) is 2.98. The molecule has 1 aliphatic heterocycles. The van der Waals surface area contributed by atoms with Gasteiger partial charge >= 0.3 is 0 Å². The third-order valence-electron chi connectivity index (χ3n) is 2.98. The van der Waals surface area contributed by atoms with E-state index in [1.807, 2.05) is 13.8 Å². The van der Waals surface area contributed by atoms with E-state index >= 15 is 0 Å². The van der Waals surface area contributed by atoms with E-state index in [0.29, 0.717) is 24.5 Å². The fourth-order valence-corrected chi connectivity index (χ4v) is 2.27. The van der Waals surface area contributed by atoms with Gasteiger partial charge in [-0.25, -0.2) is 0 Å². The number of carbonyl (C=O) groups is 1. The Balaban J connectivity index is 2.18. The third kappa shape index (κ3) is 3.21. The van der Waals surface area contributed by atoms with Crippen molar-refractivity contribution in [3.8, 4) is 0 Å². The van der Waals surface area contributed by atoms with Gasteiger partial charge in [-0.3, -0.25) is 9.78 Å². The lowest BCUT2D eigenvalue weighted by atomic mass is 10.0. The highest BCUT2D eigenvalue weighted by Crippen LogP contribution is 2.22. The van der Waals surface area contributed by atoms with Gasteiger partial charge in [-0.15, -0.1) is 0 Å². The van der Waals surface area contributed by atoms with Crippen molar-refractivity contribution in [3.63, 3.8) is 0 Å². The van der Waals surface area contributed by atoms with Crippen LogP contribution in [0.3, 0.4) is 0 Å². The number of rotatable bonds is 2. The maximum absolute atomic E-state index is 12.4. The number of hydrogen-bond donors (Lipinski definition) is 2. The summed E-state index contributed by atoms with van der Waals surface area (Å²) in [5, 5.41) is 9.24. The van der Waals surface area contributed by atoms with Gasteiger partial charge in [-0.2, -0.15) is 0 Å². The van der Waals surface area contributed by atoms with Crippen LogP contribution in [0.4, 0.5) is 5.69 Å². The number of aromatic nitrogens is 1. The fraction of sp³-hybridized carbons (Fsp3) is 0.538. The maximum Gasteiger partial charge on any atom is 0.272 e. The molecule has 0 radical (unpaired) electrons. The van der Waals surface area contributed by atoms with Gasteiger partial charge in [-0.1, -0.05) is 0 Å². The van der Waals surface area contributed by atoms with Crippen molar-refractivity contribution >= 4 is 11.6 Å². The zero-order chi connectivity index (χ0) is 14.0. The molecule has 1 amide bonds. The van der Waals surface area contributed by atoms with Gasteiger partial charge in [0.05, 0.1) is 18.3 Å². The predicted octanol–water partition coefficient (Wildman–Crippen LogP) is 0.276. The highest BCUT2D eigenvalue weighted by atomic mass is 16.5. The number of nitrogens with two attached hydrogens (primary N) is 1. The standard InChI is InChI=1S/C13H19N3O3/c1-13(2)8-16(6-10(7-17)19-13)12(18)11-5-9(14)3-4-15-11/h3-5,10,17H,6-8H2,1-2H3,(H2,14,15). The number of nitrogen functional groups attached to an aromatic ring is 1. The van der Waals surface area contributed by atoms with Gasteiger partial charge in [0.15, 0.2) is 0 Å². The number of pyridine rings is 1. The molecule has 1 aromatic heterocycles. The summed E-state index contributed by atoms with van der Waals surface area (Å²) in [6.45, 7) is 4.48. The number of anilines is 1. The first-order valence-corrected chi connectivity index (χ1v) is 6.21. The number of hydrogen-bond acceptors (Lipinski definition) is 5. The van der Waals surface area contributed by atoms with Crippen molar-refractivity contribution in [1.82, 2.24) is 9.88 Å². The lowest BCUT2D eigenvalue weighted by Gasteiger charge is -2.42. The van der Waals surface area contributed by atoms with Crippen molar-refractivity contribution < 1.29 is 14.6 Å². The first kappa shape index (κ1) is 13.8. The van der Waals surface area contributed by atoms with Crippen LogP contribution in [0.15, 0.2) is 18.3 Å². The molecule has 2 rings (SSSR count). The smallest absolute Gasteiger partial charge is 0.272 e. The van der Waals surface area contributed by atoms with Crippen LogP contribution in [0.25, 0.3) is 0 Å². The summed E-state index contributed by atoms with van der Waals surface area (Å²) in [6, 6.07) is 3.19.